The van der Waals surface area contributed by atoms with Gasteiger partial charge in [-0.15, -0.1) is 12.3 Å². The van der Waals surface area contributed by atoms with Crippen molar-refractivity contribution in [1.82, 2.24) is 9.97 Å². The van der Waals surface area contributed by atoms with Crippen LogP contribution in [0.15, 0.2) is 18.6 Å². The van der Waals surface area contributed by atoms with E-state index < -0.39 is 5.60 Å². The zero-order valence-electron chi connectivity index (χ0n) is 6.86. The van der Waals surface area contributed by atoms with Crippen molar-refractivity contribution in [3.63, 3.8) is 0 Å². The minimum atomic E-state index is -1.07. The third kappa shape index (κ3) is 1.80. The molecule has 1 aromatic rings. The van der Waals surface area contributed by atoms with Crippen LogP contribution in [0.2, 0.25) is 0 Å². The molecule has 0 bridgehead atoms. The molecule has 3 heteroatoms. The molecule has 0 amide bonds. The van der Waals surface area contributed by atoms with Gasteiger partial charge in [0.15, 0.2) is 0 Å². The van der Waals surface area contributed by atoms with Gasteiger partial charge in [0.2, 0.25) is 0 Å². The van der Waals surface area contributed by atoms with Gasteiger partial charge in [-0.1, -0.05) is 0 Å². The van der Waals surface area contributed by atoms with E-state index in [1.165, 1.54) is 12.4 Å². The highest BCUT2D eigenvalue weighted by molar-refractivity contribution is 5.10. The lowest BCUT2D eigenvalue weighted by Crippen LogP contribution is -2.21. The second-order valence-electron chi connectivity index (χ2n) is 2.75. The van der Waals surface area contributed by atoms with Crippen LogP contribution >= 0.6 is 0 Å². The maximum absolute atomic E-state index is 9.74. The van der Waals surface area contributed by atoms with E-state index in [9.17, 15) is 5.11 Å². The van der Waals surface area contributed by atoms with Gasteiger partial charge in [0.25, 0.3) is 0 Å². The van der Waals surface area contributed by atoms with Crippen molar-refractivity contribution in [3.05, 3.63) is 24.3 Å². The zero-order chi connectivity index (χ0) is 9.03. The van der Waals surface area contributed by atoms with Crippen molar-refractivity contribution in [2.45, 2.75) is 18.9 Å². The molecule has 0 aromatic carbocycles. The predicted molar refractivity (Wildman–Crippen MR) is 45.1 cm³/mol. The van der Waals surface area contributed by atoms with E-state index >= 15 is 0 Å². The minimum Gasteiger partial charge on any atom is -0.383 e. The molecule has 0 aliphatic carbocycles. The van der Waals surface area contributed by atoms with E-state index in [-0.39, 0.29) is 6.42 Å². The second-order valence-corrected chi connectivity index (χ2v) is 2.75. The quantitative estimate of drug-likeness (QED) is 0.651. The molecule has 62 valence electrons. The average Bonchev–Trinajstić information content (AvgIpc) is 2.06. The topological polar surface area (TPSA) is 46.0 Å². The predicted octanol–water partition coefficient (Wildman–Crippen LogP) is 0.707. The summed E-state index contributed by atoms with van der Waals surface area (Å²) < 4.78 is 0. The van der Waals surface area contributed by atoms with Gasteiger partial charge >= 0.3 is 0 Å². The van der Waals surface area contributed by atoms with Crippen LogP contribution in [-0.4, -0.2) is 15.1 Å². The van der Waals surface area contributed by atoms with Gasteiger partial charge in [0.05, 0.1) is 11.9 Å². The molecule has 3 nitrogen and oxygen atoms in total. The fraction of sp³-hybridized carbons (Fsp3) is 0.333. The second kappa shape index (κ2) is 3.33. The van der Waals surface area contributed by atoms with Gasteiger partial charge in [0, 0.05) is 18.8 Å². The van der Waals surface area contributed by atoms with Crippen LogP contribution < -0.4 is 0 Å². The molecule has 0 saturated heterocycles. The molecule has 0 saturated carbocycles. The molecule has 0 radical (unpaired) electrons. The highest BCUT2D eigenvalue weighted by Crippen LogP contribution is 2.20. The molecule has 0 unspecified atom stereocenters. The summed E-state index contributed by atoms with van der Waals surface area (Å²) in [6.07, 6.45) is 9.93. The van der Waals surface area contributed by atoms with Crippen LogP contribution in [0, 0.1) is 12.3 Å². The monoisotopic (exact) mass is 162 g/mol. The first-order chi connectivity index (χ1) is 5.67. The van der Waals surface area contributed by atoms with Crippen molar-refractivity contribution < 1.29 is 5.11 Å². The SMILES string of the molecule is C#CC[C@](C)(O)c1cnccn1. The summed E-state index contributed by atoms with van der Waals surface area (Å²) >= 11 is 0. The summed E-state index contributed by atoms with van der Waals surface area (Å²) in [6.45, 7) is 1.62. The standard InChI is InChI=1S/C9H10N2O/c1-3-4-9(2,12)8-7-10-5-6-11-8/h1,5-7,12H,4H2,2H3/t9-/m0/s1. The van der Waals surface area contributed by atoms with Crippen LogP contribution in [0.5, 0.6) is 0 Å². The summed E-state index contributed by atoms with van der Waals surface area (Å²) in [4.78, 5) is 7.80. The lowest BCUT2D eigenvalue weighted by molar-refractivity contribution is 0.0579. The first-order valence-electron chi connectivity index (χ1n) is 3.59. The maximum Gasteiger partial charge on any atom is 0.116 e. The highest BCUT2D eigenvalue weighted by atomic mass is 16.3. The van der Waals surface area contributed by atoms with E-state index in [1.54, 1.807) is 13.1 Å². The number of rotatable bonds is 2. The lowest BCUT2D eigenvalue weighted by atomic mass is 9.99. The first kappa shape index (κ1) is 8.69. The number of aromatic nitrogens is 2. The van der Waals surface area contributed by atoms with E-state index in [2.05, 4.69) is 15.9 Å². The van der Waals surface area contributed by atoms with E-state index in [1.807, 2.05) is 0 Å². The van der Waals surface area contributed by atoms with Crippen LogP contribution in [0.3, 0.4) is 0 Å². The summed E-state index contributed by atoms with van der Waals surface area (Å²) in [5.41, 5.74) is -0.564. The summed E-state index contributed by atoms with van der Waals surface area (Å²) in [6, 6.07) is 0. The van der Waals surface area contributed by atoms with Crippen molar-refractivity contribution >= 4 is 0 Å². The lowest BCUT2D eigenvalue weighted by Gasteiger charge is -2.18. The molecule has 1 N–H and O–H groups in total. The minimum absolute atomic E-state index is 0.242. The summed E-state index contributed by atoms with van der Waals surface area (Å²) in [7, 11) is 0. The smallest absolute Gasteiger partial charge is 0.116 e. The maximum atomic E-state index is 9.74. The van der Waals surface area contributed by atoms with E-state index in [0.29, 0.717) is 5.69 Å². The van der Waals surface area contributed by atoms with Crippen LogP contribution in [0.25, 0.3) is 0 Å². The molecule has 1 aromatic heterocycles. The molecular weight excluding hydrogens is 152 g/mol. The Labute approximate surface area is 71.5 Å². The summed E-state index contributed by atoms with van der Waals surface area (Å²) in [5, 5.41) is 9.74. The number of hydrogen-bond acceptors (Lipinski definition) is 3. The van der Waals surface area contributed by atoms with Gasteiger partial charge in [-0.2, -0.15) is 0 Å². The third-order valence-electron chi connectivity index (χ3n) is 1.56. The third-order valence-corrected chi connectivity index (χ3v) is 1.56. The van der Waals surface area contributed by atoms with Gasteiger partial charge in [0.1, 0.15) is 5.60 Å². The van der Waals surface area contributed by atoms with Crippen molar-refractivity contribution in [1.29, 1.82) is 0 Å². The summed E-state index contributed by atoms with van der Waals surface area (Å²) in [5.74, 6) is 2.39. The van der Waals surface area contributed by atoms with E-state index in [0.717, 1.165) is 0 Å². The van der Waals surface area contributed by atoms with Crippen LogP contribution in [0.1, 0.15) is 19.0 Å². The van der Waals surface area contributed by atoms with Gasteiger partial charge in [-0.3, -0.25) is 9.97 Å². The Morgan fingerprint density at radius 2 is 2.42 bits per heavy atom. The zero-order valence-corrected chi connectivity index (χ0v) is 6.86. The molecule has 1 rings (SSSR count). The Morgan fingerprint density at radius 1 is 1.67 bits per heavy atom. The molecule has 12 heavy (non-hydrogen) atoms. The molecule has 1 heterocycles. The largest absolute Gasteiger partial charge is 0.383 e. The number of hydrogen-bond donors (Lipinski definition) is 1. The van der Waals surface area contributed by atoms with Crippen molar-refractivity contribution in [2.24, 2.45) is 0 Å². The molecular formula is C9H10N2O. The van der Waals surface area contributed by atoms with Gasteiger partial charge < -0.3 is 5.11 Å². The number of terminal acetylenes is 1. The molecule has 0 fully saturated rings. The Bertz CT molecular complexity index is 287. The Balaban J connectivity index is 2.91. The van der Waals surface area contributed by atoms with Gasteiger partial charge in [-0.25, -0.2) is 0 Å². The molecule has 0 aliphatic heterocycles. The fourth-order valence-corrected chi connectivity index (χ4v) is 0.867. The fourth-order valence-electron chi connectivity index (χ4n) is 0.867. The first-order valence-corrected chi connectivity index (χ1v) is 3.59. The van der Waals surface area contributed by atoms with Crippen LogP contribution in [-0.2, 0) is 5.60 Å². The van der Waals surface area contributed by atoms with E-state index in [4.69, 9.17) is 6.42 Å². The molecule has 1 atom stereocenters. The van der Waals surface area contributed by atoms with Gasteiger partial charge in [-0.05, 0) is 6.92 Å². The van der Waals surface area contributed by atoms with Crippen LogP contribution in [0.4, 0.5) is 0 Å². The highest BCUT2D eigenvalue weighted by Gasteiger charge is 2.23. The Kier molecular flexibility index (Phi) is 2.41. The Hall–Kier alpha value is -1.40. The number of aliphatic hydroxyl groups is 1. The molecule has 0 aliphatic rings. The molecule has 0 spiro atoms. The average molecular weight is 162 g/mol. The normalized spacial score (nSPS) is 14.8. The van der Waals surface area contributed by atoms with Crippen molar-refractivity contribution in [2.75, 3.05) is 0 Å². The van der Waals surface area contributed by atoms with Crippen molar-refractivity contribution in [3.8, 4) is 12.3 Å². The number of nitrogens with zero attached hydrogens (tertiary/aromatic N) is 2. The Morgan fingerprint density at radius 3 is 2.92 bits per heavy atom.